The highest BCUT2D eigenvalue weighted by molar-refractivity contribution is 5.67. The van der Waals surface area contributed by atoms with Crippen molar-refractivity contribution in [2.24, 2.45) is 0 Å². The molecule has 0 atom stereocenters. The zero-order valence-corrected chi connectivity index (χ0v) is 11.1. The Bertz CT molecular complexity index is 171. The third-order valence-electron chi connectivity index (χ3n) is 2.69. The Morgan fingerprint density at radius 3 is 2.19 bits per heavy atom. The number of ether oxygens (including phenoxy) is 1. The van der Waals surface area contributed by atoms with E-state index in [-0.39, 0.29) is 6.09 Å². The van der Waals surface area contributed by atoms with Gasteiger partial charge in [0.25, 0.3) is 0 Å². The minimum absolute atomic E-state index is 0.168. The lowest BCUT2D eigenvalue weighted by Crippen LogP contribution is -2.32. The van der Waals surface area contributed by atoms with Crippen molar-refractivity contribution in [2.45, 2.75) is 59.3 Å². The van der Waals surface area contributed by atoms with E-state index in [0.29, 0.717) is 6.61 Å². The van der Waals surface area contributed by atoms with E-state index in [9.17, 15) is 4.79 Å². The summed E-state index contributed by atoms with van der Waals surface area (Å²) in [7, 11) is 0. The molecular formula is C13H27NO2. The van der Waals surface area contributed by atoms with Gasteiger partial charge in [-0.2, -0.15) is 0 Å². The summed E-state index contributed by atoms with van der Waals surface area (Å²) in [5.41, 5.74) is 0. The van der Waals surface area contributed by atoms with Gasteiger partial charge in [-0.25, -0.2) is 4.79 Å². The fraction of sp³-hybridized carbons (Fsp3) is 0.923. The van der Waals surface area contributed by atoms with E-state index in [1.165, 1.54) is 32.1 Å². The van der Waals surface area contributed by atoms with Gasteiger partial charge in [0.15, 0.2) is 0 Å². The molecule has 0 aromatic rings. The summed E-state index contributed by atoms with van der Waals surface area (Å²) in [6, 6.07) is 0. The maximum atomic E-state index is 11.4. The molecule has 16 heavy (non-hydrogen) atoms. The van der Waals surface area contributed by atoms with Gasteiger partial charge in [-0.1, -0.05) is 39.0 Å². The third-order valence-corrected chi connectivity index (χ3v) is 2.69. The van der Waals surface area contributed by atoms with Crippen molar-refractivity contribution in [1.82, 2.24) is 4.90 Å². The van der Waals surface area contributed by atoms with Crippen molar-refractivity contribution in [2.75, 3.05) is 19.7 Å². The summed E-state index contributed by atoms with van der Waals surface area (Å²) in [5.74, 6) is 0. The highest BCUT2D eigenvalue weighted by Gasteiger charge is 2.10. The second-order valence-electron chi connectivity index (χ2n) is 4.05. The first kappa shape index (κ1) is 15.3. The van der Waals surface area contributed by atoms with E-state index in [4.69, 9.17) is 4.74 Å². The number of amides is 1. The molecule has 0 aromatic heterocycles. The molecular weight excluding hydrogens is 202 g/mol. The van der Waals surface area contributed by atoms with Crippen LogP contribution in [0.2, 0.25) is 0 Å². The van der Waals surface area contributed by atoms with Crippen molar-refractivity contribution in [3.63, 3.8) is 0 Å². The monoisotopic (exact) mass is 229 g/mol. The summed E-state index contributed by atoms with van der Waals surface area (Å²) in [6.07, 6.45) is 7.36. The average Bonchev–Trinajstić information content (AvgIpc) is 2.28. The summed E-state index contributed by atoms with van der Waals surface area (Å²) < 4.78 is 4.98. The molecule has 0 saturated heterocycles. The Morgan fingerprint density at radius 1 is 1.00 bits per heavy atom. The molecule has 0 aliphatic rings. The van der Waals surface area contributed by atoms with Crippen LogP contribution >= 0.6 is 0 Å². The van der Waals surface area contributed by atoms with Gasteiger partial charge in [0.2, 0.25) is 0 Å². The van der Waals surface area contributed by atoms with Gasteiger partial charge in [-0.3, -0.25) is 0 Å². The lowest BCUT2D eigenvalue weighted by atomic mass is 10.1. The van der Waals surface area contributed by atoms with E-state index in [0.717, 1.165) is 19.5 Å². The molecule has 0 rings (SSSR count). The number of unbranched alkanes of at least 4 members (excludes halogenated alkanes) is 5. The van der Waals surface area contributed by atoms with E-state index in [2.05, 4.69) is 6.92 Å². The van der Waals surface area contributed by atoms with Crippen LogP contribution in [-0.4, -0.2) is 30.7 Å². The number of carbonyl (C=O) groups excluding carboxylic acids is 1. The van der Waals surface area contributed by atoms with Gasteiger partial charge in [0.05, 0.1) is 6.61 Å². The van der Waals surface area contributed by atoms with Gasteiger partial charge < -0.3 is 9.64 Å². The first-order valence-corrected chi connectivity index (χ1v) is 6.67. The smallest absolute Gasteiger partial charge is 0.409 e. The molecule has 0 radical (unpaired) electrons. The standard InChI is InChI=1S/C13H27NO2/c1-4-7-8-9-10-11-12-14(5-2)13(15)16-6-3/h4-12H2,1-3H3. The molecule has 0 aromatic carbocycles. The van der Waals surface area contributed by atoms with Crippen LogP contribution in [0.1, 0.15) is 59.3 Å². The molecule has 3 heteroatoms. The Balaban J connectivity index is 3.51. The molecule has 0 heterocycles. The quantitative estimate of drug-likeness (QED) is 0.562. The molecule has 0 spiro atoms. The van der Waals surface area contributed by atoms with Crippen LogP contribution in [0.15, 0.2) is 0 Å². The maximum Gasteiger partial charge on any atom is 0.409 e. The van der Waals surface area contributed by atoms with Gasteiger partial charge in [0.1, 0.15) is 0 Å². The van der Waals surface area contributed by atoms with Gasteiger partial charge >= 0.3 is 6.09 Å². The summed E-state index contributed by atoms with van der Waals surface area (Å²) in [5, 5.41) is 0. The maximum absolute atomic E-state index is 11.4. The molecule has 0 fully saturated rings. The van der Waals surface area contributed by atoms with Crippen molar-refractivity contribution in [1.29, 1.82) is 0 Å². The SMILES string of the molecule is CCCCCCCCN(CC)C(=O)OCC. The summed E-state index contributed by atoms with van der Waals surface area (Å²) in [4.78, 5) is 13.2. The predicted octanol–water partition coefficient (Wildman–Crippen LogP) is 3.83. The molecule has 96 valence electrons. The highest BCUT2D eigenvalue weighted by Crippen LogP contribution is 2.06. The minimum Gasteiger partial charge on any atom is -0.450 e. The molecule has 0 N–H and O–H groups in total. The largest absolute Gasteiger partial charge is 0.450 e. The average molecular weight is 229 g/mol. The molecule has 0 unspecified atom stereocenters. The summed E-state index contributed by atoms with van der Waals surface area (Å²) >= 11 is 0. The zero-order chi connectivity index (χ0) is 12.2. The Hall–Kier alpha value is -0.730. The minimum atomic E-state index is -0.168. The van der Waals surface area contributed by atoms with Crippen molar-refractivity contribution in [3.05, 3.63) is 0 Å². The molecule has 1 amide bonds. The van der Waals surface area contributed by atoms with E-state index in [1.54, 1.807) is 4.90 Å². The molecule has 0 aliphatic carbocycles. The topological polar surface area (TPSA) is 29.5 Å². The Morgan fingerprint density at radius 2 is 1.62 bits per heavy atom. The number of carbonyl (C=O) groups is 1. The lowest BCUT2D eigenvalue weighted by molar-refractivity contribution is 0.108. The number of hydrogen-bond donors (Lipinski definition) is 0. The van der Waals surface area contributed by atoms with E-state index in [1.807, 2.05) is 13.8 Å². The predicted molar refractivity (Wildman–Crippen MR) is 67.6 cm³/mol. The first-order chi connectivity index (χ1) is 7.76. The molecule has 0 aliphatic heterocycles. The molecule has 0 saturated carbocycles. The van der Waals surface area contributed by atoms with Crippen molar-refractivity contribution < 1.29 is 9.53 Å². The van der Waals surface area contributed by atoms with Crippen LogP contribution in [0.4, 0.5) is 4.79 Å². The summed E-state index contributed by atoms with van der Waals surface area (Å²) in [6.45, 7) is 8.10. The second kappa shape index (κ2) is 10.8. The van der Waals surface area contributed by atoms with E-state index < -0.39 is 0 Å². The van der Waals surface area contributed by atoms with Crippen LogP contribution in [0, 0.1) is 0 Å². The van der Waals surface area contributed by atoms with Crippen LogP contribution < -0.4 is 0 Å². The van der Waals surface area contributed by atoms with Crippen LogP contribution in [0.5, 0.6) is 0 Å². The second-order valence-corrected chi connectivity index (χ2v) is 4.05. The van der Waals surface area contributed by atoms with E-state index >= 15 is 0 Å². The van der Waals surface area contributed by atoms with Crippen molar-refractivity contribution >= 4 is 6.09 Å². The number of hydrogen-bond acceptors (Lipinski definition) is 2. The number of nitrogens with zero attached hydrogens (tertiary/aromatic N) is 1. The fourth-order valence-corrected chi connectivity index (χ4v) is 1.68. The van der Waals surface area contributed by atoms with Gasteiger partial charge in [0, 0.05) is 13.1 Å². The van der Waals surface area contributed by atoms with Gasteiger partial charge in [-0.05, 0) is 20.3 Å². The first-order valence-electron chi connectivity index (χ1n) is 6.67. The Labute approximate surface area is 100 Å². The zero-order valence-electron chi connectivity index (χ0n) is 11.1. The fourth-order valence-electron chi connectivity index (χ4n) is 1.68. The Kier molecular flexibility index (Phi) is 10.3. The van der Waals surface area contributed by atoms with Crippen LogP contribution in [0.25, 0.3) is 0 Å². The van der Waals surface area contributed by atoms with Crippen molar-refractivity contribution in [3.8, 4) is 0 Å². The van der Waals surface area contributed by atoms with Crippen LogP contribution in [0.3, 0.4) is 0 Å². The molecule has 3 nitrogen and oxygen atoms in total. The normalized spacial score (nSPS) is 10.2. The third kappa shape index (κ3) is 7.55. The van der Waals surface area contributed by atoms with Gasteiger partial charge in [-0.15, -0.1) is 0 Å². The lowest BCUT2D eigenvalue weighted by Gasteiger charge is -2.19. The molecule has 0 bridgehead atoms. The van der Waals surface area contributed by atoms with Crippen LogP contribution in [-0.2, 0) is 4.74 Å². The highest BCUT2D eigenvalue weighted by atomic mass is 16.6. The number of rotatable bonds is 9.